The molecule has 2 N–H and O–H groups in total. The molecule has 0 saturated carbocycles. The maximum atomic E-state index is 12.2. The first-order chi connectivity index (χ1) is 14.1. The molecule has 3 aromatic rings. The van der Waals surface area contributed by atoms with Gasteiger partial charge in [0.1, 0.15) is 18.2 Å². The highest BCUT2D eigenvalue weighted by molar-refractivity contribution is 7.80. The summed E-state index contributed by atoms with van der Waals surface area (Å²) in [5.41, 5.74) is 2.20. The monoisotopic (exact) mass is 426 g/mol. The number of nitrogens with one attached hydrogen (secondary N) is 2. The van der Waals surface area contributed by atoms with E-state index in [0.29, 0.717) is 40.4 Å². The van der Waals surface area contributed by atoms with Crippen LogP contribution in [0.1, 0.15) is 10.4 Å². The van der Waals surface area contributed by atoms with Gasteiger partial charge in [-0.05, 0) is 36.0 Å². The minimum atomic E-state index is -0.423. The molecule has 0 saturated heterocycles. The van der Waals surface area contributed by atoms with Crippen LogP contribution in [0.25, 0.3) is 10.4 Å². The number of benzene rings is 2. The molecule has 6 nitrogen and oxygen atoms in total. The average molecular weight is 427 g/mol. The molecule has 0 bridgehead atoms. The minimum absolute atomic E-state index is 0.355. The summed E-state index contributed by atoms with van der Waals surface area (Å²) >= 11 is 6.88. The first-order valence-corrected chi connectivity index (χ1v) is 10.1. The first kappa shape index (κ1) is 19.2. The molecule has 1 aliphatic heterocycles. The zero-order valence-electron chi connectivity index (χ0n) is 15.6. The van der Waals surface area contributed by atoms with E-state index in [1.165, 1.54) is 18.4 Å². The van der Waals surface area contributed by atoms with Crippen molar-refractivity contribution in [3.05, 3.63) is 60.2 Å². The van der Waals surface area contributed by atoms with Gasteiger partial charge in [0.05, 0.1) is 12.7 Å². The molecule has 1 aliphatic rings. The maximum absolute atomic E-state index is 12.2. The number of esters is 1. The van der Waals surface area contributed by atoms with Crippen molar-refractivity contribution in [1.29, 1.82) is 0 Å². The van der Waals surface area contributed by atoms with Crippen molar-refractivity contribution in [1.82, 2.24) is 0 Å². The lowest BCUT2D eigenvalue weighted by molar-refractivity contribution is 0.0602. The lowest BCUT2D eigenvalue weighted by atomic mass is 10.1. The lowest BCUT2D eigenvalue weighted by Crippen LogP contribution is -2.20. The molecule has 148 valence electrons. The van der Waals surface area contributed by atoms with E-state index in [0.717, 1.165) is 16.1 Å². The highest BCUT2D eigenvalue weighted by atomic mass is 32.1. The normalized spacial score (nSPS) is 12.2. The Labute approximate surface area is 177 Å². The quantitative estimate of drug-likeness (QED) is 0.460. The number of hydrogen-bond donors (Lipinski definition) is 2. The van der Waals surface area contributed by atoms with E-state index in [1.807, 2.05) is 48.5 Å². The zero-order chi connectivity index (χ0) is 20.2. The second kappa shape index (κ2) is 8.50. The number of carbonyl (C=O) groups excluding carboxylic acids is 1. The molecule has 0 atom stereocenters. The predicted octanol–water partition coefficient (Wildman–Crippen LogP) is 4.78. The zero-order valence-corrected chi connectivity index (χ0v) is 17.2. The van der Waals surface area contributed by atoms with Crippen LogP contribution in [0.4, 0.5) is 10.7 Å². The Balaban J connectivity index is 1.54. The van der Waals surface area contributed by atoms with Crippen LogP contribution in [0.5, 0.6) is 11.5 Å². The van der Waals surface area contributed by atoms with E-state index in [-0.39, 0.29) is 0 Å². The highest BCUT2D eigenvalue weighted by Crippen LogP contribution is 2.36. The van der Waals surface area contributed by atoms with Gasteiger partial charge in [-0.2, -0.15) is 0 Å². The fourth-order valence-electron chi connectivity index (χ4n) is 2.88. The van der Waals surface area contributed by atoms with Crippen LogP contribution in [0, 0.1) is 0 Å². The smallest absolute Gasteiger partial charge is 0.340 e. The number of anilines is 2. The molecule has 1 aromatic heterocycles. The van der Waals surface area contributed by atoms with Crippen LogP contribution >= 0.6 is 23.6 Å². The van der Waals surface area contributed by atoms with Crippen LogP contribution in [-0.2, 0) is 4.74 Å². The molecule has 4 rings (SSSR count). The Morgan fingerprint density at radius 1 is 1.03 bits per heavy atom. The summed E-state index contributed by atoms with van der Waals surface area (Å²) in [6.07, 6.45) is 0. The van der Waals surface area contributed by atoms with Gasteiger partial charge in [-0.25, -0.2) is 4.79 Å². The van der Waals surface area contributed by atoms with E-state index in [1.54, 1.807) is 6.07 Å². The van der Waals surface area contributed by atoms with Crippen molar-refractivity contribution < 1.29 is 19.0 Å². The lowest BCUT2D eigenvalue weighted by Gasteiger charge is -2.19. The Morgan fingerprint density at radius 3 is 2.55 bits per heavy atom. The molecule has 2 heterocycles. The summed E-state index contributed by atoms with van der Waals surface area (Å²) in [6.45, 7) is 1.05. The number of thiocarbonyl (C=S) groups is 1. The van der Waals surface area contributed by atoms with Gasteiger partial charge in [0.15, 0.2) is 16.6 Å². The predicted molar refractivity (Wildman–Crippen MR) is 118 cm³/mol. The molecular formula is C21H18N2O4S2. The van der Waals surface area contributed by atoms with Crippen molar-refractivity contribution in [2.24, 2.45) is 0 Å². The van der Waals surface area contributed by atoms with Crippen LogP contribution in [0.3, 0.4) is 0 Å². The number of methoxy groups -OCH3 is 1. The molecule has 0 radical (unpaired) electrons. The fourth-order valence-corrected chi connectivity index (χ4v) is 4.22. The van der Waals surface area contributed by atoms with Crippen molar-refractivity contribution in [2.75, 3.05) is 31.0 Å². The molecule has 2 aromatic carbocycles. The van der Waals surface area contributed by atoms with Gasteiger partial charge in [-0.1, -0.05) is 30.3 Å². The molecule has 0 aliphatic carbocycles. The van der Waals surface area contributed by atoms with Gasteiger partial charge in [0, 0.05) is 16.6 Å². The van der Waals surface area contributed by atoms with Crippen molar-refractivity contribution in [2.45, 2.75) is 0 Å². The molecule has 29 heavy (non-hydrogen) atoms. The Morgan fingerprint density at radius 2 is 1.79 bits per heavy atom. The van der Waals surface area contributed by atoms with Crippen molar-refractivity contribution >= 4 is 45.3 Å². The van der Waals surface area contributed by atoms with E-state index in [2.05, 4.69) is 10.6 Å². The second-order valence-electron chi connectivity index (χ2n) is 6.15. The van der Waals surface area contributed by atoms with Gasteiger partial charge >= 0.3 is 5.97 Å². The largest absolute Gasteiger partial charge is 0.486 e. The van der Waals surface area contributed by atoms with Crippen molar-refractivity contribution in [3.63, 3.8) is 0 Å². The molecule has 0 unspecified atom stereocenters. The summed E-state index contributed by atoms with van der Waals surface area (Å²) in [4.78, 5) is 13.2. The van der Waals surface area contributed by atoms with Gasteiger partial charge < -0.3 is 24.8 Å². The van der Waals surface area contributed by atoms with E-state index in [4.69, 9.17) is 26.4 Å². The van der Waals surface area contributed by atoms with Crippen molar-refractivity contribution in [3.8, 4) is 21.9 Å². The van der Waals surface area contributed by atoms with Crippen LogP contribution in [-0.4, -0.2) is 31.4 Å². The Bertz CT molecular complexity index is 1050. The maximum Gasteiger partial charge on any atom is 0.340 e. The van der Waals surface area contributed by atoms with E-state index in [9.17, 15) is 4.79 Å². The number of hydrogen-bond acceptors (Lipinski definition) is 6. The molecule has 0 fully saturated rings. The van der Waals surface area contributed by atoms with E-state index >= 15 is 0 Å². The topological polar surface area (TPSA) is 68.8 Å². The summed E-state index contributed by atoms with van der Waals surface area (Å²) in [5.74, 6) is 0.953. The fraction of sp³-hybridized carbons (Fsp3) is 0.143. The van der Waals surface area contributed by atoms with Crippen LogP contribution < -0.4 is 20.1 Å². The number of thiophene rings is 1. The Hall–Kier alpha value is -3.10. The van der Waals surface area contributed by atoms with Gasteiger partial charge in [-0.15, -0.1) is 11.3 Å². The molecule has 0 spiro atoms. The number of fused-ring (bicyclic) bond motifs is 1. The number of rotatable bonds is 4. The van der Waals surface area contributed by atoms with Crippen LogP contribution in [0.15, 0.2) is 54.6 Å². The average Bonchev–Trinajstić information content (AvgIpc) is 3.17. The van der Waals surface area contributed by atoms with Gasteiger partial charge in [0.25, 0.3) is 0 Å². The van der Waals surface area contributed by atoms with Gasteiger partial charge in [-0.3, -0.25) is 0 Å². The minimum Gasteiger partial charge on any atom is -0.486 e. The summed E-state index contributed by atoms with van der Waals surface area (Å²) < 4.78 is 16.0. The van der Waals surface area contributed by atoms with Gasteiger partial charge in [0.2, 0.25) is 0 Å². The number of carbonyl (C=O) groups is 1. The van der Waals surface area contributed by atoms with Crippen LogP contribution in [0.2, 0.25) is 0 Å². The molecular weight excluding hydrogens is 408 g/mol. The SMILES string of the molecule is COC(=O)c1cc(-c2ccccc2)sc1NC(=S)Nc1ccc2c(c1)OCCO2. The second-order valence-corrected chi connectivity index (χ2v) is 7.61. The Kier molecular flexibility index (Phi) is 5.64. The molecule has 0 amide bonds. The summed E-state index contributed by atoms with van der Waals surface area (Å²) in [6, 6.07) is 17.1. The van der Waals surface area contributed by atoms with E-state index < -0.39 is 5.97 Å². The standard InChI is InChI=1S/C21H18N2O4S2/c1-25-20(24)15-12-18(13-5-3-2-4-6-13)29-19(15)23-21(28)22-14-7-8-16-17(11-14)27-10-9-26-16/h2-8,11-12H,9-10H2,1H3,(H2,22,23,28). The molecule has 8 heteroatoms. The highest BCUT2D eigenvalue weighted by Gasteiger charge is 2.19. The summed E-state index contributed by atoms with van der Waals surface area (Å²) in [5, 5.41) is 7.19. The third-order valence-corrected chi connectivity index (χ3v) is 5.53. The first-order valence-electron chi connectivity index (χ1n) is 8.89. The number of ether oxygens (including phenoxy) is 3. The summed E-state index contributed by atoms with van der Waals surface area (Å²) in [7, 11) is 1.36. The third-order valence-electron chi connectivity index (χ3n) is 4.22. The third kappa shape index (κ3) is 4.33.